The van der Waals surface area contributed by atoms with Gasteiger partial charge in [-0.05, 0) is 32.6 Å². The number of nitrogens with two attached hydrogens (primary N) is 1. The maximum Gasteiger partial charge on any atom is 0.322 e. The third-order valence-corrected chi connectivity index (χ3v) is 2.21. The third-order valence-electron chi connectivity index (χ3n) is 2.21. The van der Waals surface area contributed by atoms with Gasteiger partial charge in [-0.15, -0.1) is 0 Å². The Morgan fingerprint density at radius 1 is 1.42 bits per heavy atom. The smallest absolute Gasteiger partial charge is 0.322 e. The van der Waals surface area contributed by atoms with Crippen LogP contribution in [0.4, 0.5) is 0 Å². The van der Waals surface area contributed by atoms with Crippen LogP contribution in [-0.4, -0.2) is 18.1 Å². The van der Waals surface area contributed by atoms with Gasteiger partial charge in [-0.3, -0.25) is 4.79 Å². The first-order valence-corrected chi connectivity index (χ1v) is 4.66. The summed E-state index contributed by atoms with van der Waals surface area (Å²) >= 11 is 0. The van der Waals surface area contributed by atoms with Gasteiger partial charge in [0.25, 0.3) is 0 Å². The average molecular weight is 171 g/mol. The van der Waals surface area contributed by atoms with Crippen molar-refractivity contribution >= 4 is 5.97 Å². The highest BCUT2D eigenvalue weighted by molar-refractivity contribution is 5.75. The molecule has 1 rings (SSSR count). The van der Waals surface area contributed by atoms with E-state index in [4.69, 9.17) is 10.5 Å². The second-order valence-electron chi connectivity index (χ2n) is 3.49. The highest BCUT2D eigenvalue weighted by atomic mass is 16.5. The summed E-state index contributed by atoms with van der Waals surface area (Å²) < 4.78 is 5.19. The normalized spacial score (nSPS) is 21.8. The van der Waals surface area contributed by atoms with E-state index < -0.39 is 6.04 Å². The van der Waals surface area contributed by atoms with Crippen LogP contribution in [0.2, 0.25) is 0 Å². The number of hydrogen-bond donors (Lipinski definition) is 1. The average Bonchev–Trinajstić information content (AvgIpc) is 2.06. The monoisotopic (exact) mass is 171 g/mol. The van der Waals surface area contributed by atoms with Gasteiger partial charge in [-0.25, -0.2) is 0 Å². The third kappa shape index (κ3) is 2.81. The molecule has 70 valence electrons. The molecule has 2 N–H and O–H groups in total. The number of ether oxygens (including phenoxy) is 1. The zero-order chi connectivity index (χ0) is 8.97. The summed E-state index contributed by atoms with van der Waals surface area (Å²) in [6, 6.07) is -0.480. The standard InChI is InChI=1S/C9H17NO2/c1-7(10)9(11)12-8-5-3-2-4-6-8/h7-8H,2-6,10H2,1H3/t7-/m0/s1. The molecule has 0 aromatic carbocycles. The van der Waals surface area contributed by atoms with E-state index in [-0.39, 0.29) is 12.1 Å². The van der Waals surface area contributed by atoms with Gasteiger partial charge in [-0.1, -0.05) is 6.42 Å². The van der Waals surface area contributed by atoms with E-state index in [2.05, 4.69) is 0 Å². The molecule has 0 aromatic heterocycles. The molecule has 0 aliphatic heterocycles. The van der Waals surface area contributed by atoms with Gasteiger partial charge < -0.3 is 10.5 Å². The van der Waals surface area contributed by atoms with Gasteiger partial charge in [0.05, 0.1) is 0 Å². The summed E-state index contributed by atoms with van der Waals surface area (Å²) in [5.41, 5.74) is 5.38. The molecule has 0 saturated heterocycles. The lowest BCUT2D eigenvalue weighted by Gasteiger charge is -2.22. The maximum absolute atomic E-state index is 11.1. The van der Waals surface area contributed by atoms with E-state index >= 15 is 0 Å². The quantitative estimate of drug-likeness (QED) is 0.635. The molecule has 1 aliphatic carbocycles. The SMILES string of the molecule is C[C@H](N)C(=O)OC1CCCCC1. The molecule has 1 saturated carbocycles. The van der Waals surface area contributed by atoms with Crippen molar-refractivity contribution in [2.75, 3.05) is 0 Å². The molecule has 1 aliphatic rings. The Morgan fingerprint density at radius 3 is 2.50 bits per heavy atom. The van der Waals surface area contributed by atoms with E-state index in [9.17, 15) is 4.79 Å². The molecular formula is C9H17NO2. The van der Waals surface area contributed by atoms with E-state index in [0.717, 1.165) is 12.8 Å². The Bertz CT molecular complexity index is 151. The van der Waals surface area contributed by atoms with Crippen molar-refractivity contribution in [3.05, 3.63) is 0 Å². The summed E-state index contributed by atoms with van der Waals surface area (Å²) in [7, 11) is 0. The lowest BCUT2D eigenvalue weighted by molar-refractivity contribution is -0.151. The second-order valence-corrected chi connectivity index (χ2v) is 3.49. The highest BCUT2D eigenvalue weighted by Gasteiger charge is 2.19. The largest absolute Gasteiger partial charge is 0.461 e. The van der Waals surface area contributed by atoms with Gasteiger partial charge in [-0.2, -0.15) is 0 Å². The number of rotatable bonds is 2. The minimum atomic E-state index is -0.480. The van der Waals surface area contributed by atoms with Crippen molar-refractivity contribution in [2.24, 2.45) is 5.73 Å². The Balaban J connectivity index is 2.24. The molecule has 0 amide bonds. The van der Waals surface area contributed by atoms with Crippen LogP contribution in [0.3, 0.4) is 0 Å². The summed E-state index contributed by atoms with van der Waals surface area (Å²) in [5.74, 6) is -0.262. The van der Waals surface area contributed by atoms with Crippen LogP contribution >= 0.6 is 0 Å². The first kappa shape index (κ1) is 9.52. The Morgan fingerprint density at radius 2 is 2.00 bits per heavy atom. The van der Waals surface area contributed by atoms with Gasteiger partial charge in [0.2, 0.25) is 0 Å². The molecule has 0 unspecified atom stereocenters. The molecule has 1 fully saturated rings. The van der Waals surface area contributed by atoms with Crippen molar-refractivity contribution < 1.29 is 9.53 Å². The van der Waals surface area contributed by atoms with Crippen LogP contribution in [0.5, 0.6) is 0 Å². The van der Waals surface area contributed by atoms with Gasteiger partial charge in [0.1, 0.15) is 12.1 Å². The Kier molecular flexibility index (Phi) is 3.53. The van der Waals surface area contributed by atoms with Crippen molar-refractivity contribution in [3.8, 4) is 0 Å². The molecule has 0 aromatic rings. The molecular weight excluding hydrogens is 154 g/mol. The van der Waals surface area contributed by atoms with E-state index in [1.807, 2.05) is 0 Å². The van der Waals surface area contributed by atoms with Crippen LogP contribution in [0.25, 0.3) is 0 Å². The number of hydrogen-bond acceptors (Lipinski definition) is 3. The molecule has 0 spiro atoms. The topological polar surface area (TPSA) is 52.3 Å². The van der Waals surface area contributed by atoms with Crippen molar-refractivity contribution in [3.63, 3.8) is 0 Å². The Labute approximate surface area is 73.3 Å². The maximum atomic E-state index is 11.1. The van der Waals surface area contributed by atoms with Gasteiger partial charge in [0, 0.05) is 0 Å². The van der Waals surface area contributed by atoms with Crippen LogP contribution in [0.15, 0.2) is 0 Å². The van der Waals surface area contributed by atoms with Crippen LogP contribution in [0, 0.1) is 0 Å². The van der Waals surface area contributed by atoms with Gasteiger partial charge in [0.15, 0.2) is 0 Å². The summed E-state index contributed by atoms with van der Waals surface area (Å²) in [6.07, 6.45) is 5.79. The lowest BCUT2D eigenvalue weighted by atomic mass is 9.98. The fourth-order valence-corrected chi connectivity index (χ4v) is 1.45. The molecule has 12 heavy (non-hydrogen) atoms. The van der Waals surface area contributed by atoms with E-state index in [0.29, 0.717) is 0 Å². The zero-order valence-corrected chi connectivity index (χ0v) is 7.58. The lowest BCUT2D eigenvalue weighted by Crippen LogP contribution is -2.32. The Hall–Kier alpha value is -0.570. The molecule has 1 atom stereocenters. The molecule has 0 radical (unpaired) electrons. The minimum Gasteiger partial charge on any atom is -0.461 e. The molecule has 3 heteroatoms. The highest BCUT2D eigenvalue weighted by Crippen LogP contribution is 2.20. The molecule has 0 bridgehead atoms. The number of carbonyl (C=O) groups excluding carboxylic acids is 1. The van der Waals surface area contributed by atoms with E-state index in [1.54, 1.807) is 6.92 Å². The fourth-order valence-electron chi connectivity index (χ4n) is 1.45. The second kappa shape index (κ2) is 4.45. The van der Waals surface area contributed by atoms with Crippen molar-refractivity contribution in [1.82, 2.24) is 0 Å². The molecule has 0 heterocycles. The number of esters is 1. The minimum absolute atomic E-state index is 0.136. The number of carbonyl (C=O) groups is 1. The van der Waals surface area contributed by atoms with Crippen molar-refractivity contribution in [2.45, 2.75) is 51.2 Å². The van der Waals surface area contributed by atoms with Crippen molar-refractivity contribution in [1.29, 1.82) is 0 Å². The predicted octanol–water partition coefficient (Wildman–Crippen LogP) is 1.21. The van der Waals surface area contributed by atoms with E-state index in [1.165, 1.54) is 19.3 Å². The first-order chi connectivity index (χ1) is 5.70. The molecule has 3 nitrogen and oxygen atoms in total. The zero-order valence-electron chi connectivity index (χ0n) is 7.58. The predicted molar refractivity (Wildman–Crippen MR) is 46.6 cm³/mol. The summed E-state index contributed by atoms with van der Waals surface area (Å²) in [5, 5.41) is 0. The van der Waals surface area contributed by atoms with Crippen LogP contribution in [-0.2, 0) is 9.53 Å². The summed E-state index contributed by atoms with van der Waals surface area (Å²) in [4.78, 5) is 11.1. The van der Waals surface area contributed by atoms with Crippen LogP contribution in [0.1, 0.15) is 39.0 Å². The van der Waals surface area contributed by atoms with Gasteiger partial charge >= 0.3 is 5.97 Å². The summed E-state index contributed by atoms with van der Waals surface area (Å²) in [6.45, 7) is 1.66. The first-order valence-electron chi connectivity index (χ1n) is 4.66. The fraction of sp³-hybridized carbons (Fsp3) is 0.889. The van der Waals surface area contributed by atoms with Crippen LogP contribution < -0.4 is 5.73 Å².